The van der Waals surface area contributed by atoms with Gasteiger partial charge in [-0.25, -0.2) is 0 Å². The number of carbonyl (C=O) groups is 1. The summed E-state index contributed by atoms with van der Waals surface area (Å²) in [5.41, 5.74) is 0. The zero-order chi connectivity index (χ0) is 13.6. The van der Waals surface area contributed by atoms with E-state index in [4.69, 9.17) is 0 Å². The Labute approximate surface area is 113 Å². The smallest absolute Gasteiger partial charge is 0.125 e. The van der Waals surface area contributed by atoms with Crippen molar-refractivity contribution in [3.05, 3.63) is 6.92 Å². The molecule has 2 heteroatoms. The first-order chi connectivity index (χ1) is 8.72. The van der Waals surface area contributed by atoms with E-state index in [0.717, 1.165) is 19.1 Å². The minimum atomic E-state index is -0.735. The molecule has 0 spiro atoms. The molecule has 0 aliphatic heterocycles. The minimum Gasteiger partial charge on any atom is -0.392 e. The van der Waals surface area contributed by atoms with E-state index in [2.05, 4.69) is 13.8 Å². The predicted octanol–water partition coefficient (Wildman–Crippen LogP) is 4.31. The van der Waals surface area contributed by atoms with Gasteiger partial charge in [0.25, 0.3) is 0 Å². The van der Waals surface area contributed by atoms with Gasteiger partial charge >= 0.3 is 0 Å². The molecule has 2 unspecified atom stereocenters. The number of carbonyl (C=O) groups excluding carboxylic acids is 1. The quantitative estimate of drug-likeness (QED) is 0.393. The van der Waals surface area contributed by atoms with Crippen molar-refractivity contribution in [3.63, 3.8) is 0 Å². The number of hydrogen-bond donors (Lipinski definition) is 1. The van der Waals surface area contributed by atoms with Gasteiger partial charge in [0.05, 0.1) is 6.10 Å². The van der Waals surface area contributed by atoms with Crippen LogP contribution in [0.2, 0.25) is 0 Å². The molecule has 0 rings (SSSR count). The van der Waals surface area contributed by atoms with Crippen LogP contribution in [0.1, 0.15) is 77.6 Å². The molecular weight excluding hydrogens is 224 g/mol. The maximum Gasteiger partial charge on any atom is 0.125 e. The molecule has 1 N–H and O–H groups in total. The van der Waals surface area contributed by atoms with Gasteiger partial charge in [-0.15, -0.1) is 0 Å². The third-order valence-electron chi connectivity index (χ3n) is 3.56. The highest BCUT2D eigenvalue weighted by atomic mass is 16.3. The van der Waals surface area contributed by atoms with Gasteiger partial charge in [0, 0.05) is 5.92 Å². The third kappa shape index (κ3) is 10.8. The zero-order valence-electron chi connectivity index (χ0n) is 12.1. The fourth-order valence-corrected chi connectivity index (χ4v) is 2.22. The molecular formula is C16H31O2. The van der Waals surface area contributed by atoms with Crippen LogP contribution in [0.5, 0.6) is 0 Å². The van der Waals surface area contributed by atoms with E-state index < -0.39 is 6.10 Å². The Morgan fingerprint density at radius 3 is 1.78 bits per heavy atom. The molecule has 0 saturated heterocycles. The van der Waals surface area contributed by atoms with E-state index in [1.165, 1.54) is 57.8 Å². The number of aldehydes is 1. The lowest BCUT2D eigenvalue weighted by Gasteiger charge is -2.12. The van der Waals surface area contributed by atoms with E-state index in [1.807, 2.05) is 0 Å². The second-order valence-electron chi connectivity index (χ2n) is 5.34. The Hall–Kier alpha value is -0.370. The predicted molar refractivity (Wildman–Crippen MR) is 77.4 cm³/mol. The summed E-state index contributed by atoms with van der Waals surface area (Å²) in [6.45, 7) is 5.74. The lowest BCUT2D eigenvalue weighted by atomic mass is 9.97. The molecule has 0 saturated carbocycles. The summed E-state index contributed by atoms with van der Waals surface area (Å²) in [4.78, 5) is 10.6. The monoisotopic (exact) mass is 255 g/mol. The molecule has 107 valence electrons. The second kappa shape index (κ2) is 13.1. The van der Waals surface area contributed by atoms with Crippen LogP contribution >= 0.6 is 0 Å². The Balaban J connectivity index is 3.18. The summed E-state index contributed by atoms with van der Waals surface area (Å²) in [5.74, 6) is -0.265. The van der Waals surface area contributed by atoms with E-state index in [9.17, 15) is 9.90 Å². The van der Waals surface area contributed by atoms with Crippen molar-refractivity contribution in [2.24, 2.45) is 5.92 Å². The highest BCUT2D eigenvalue weighted by Crippen LogP contribution is 2.14. The normalized spacial score (nSPS) is 14.4. The Morgan fingerprint density at radius 1 is 0.944 bits per heavy atom. The molecule has 18 heavy (non-hydrogen) atoms. The number of aliphatic hydroxyl groups is 1. The summed E-state index contributed by atoms with van der Waals surface area (Å²) >= 11 is 0. The minimum absolute atomic E-state index is 0.265. The molecule has 0 aromatic heterocycles. The fourth-order valence-electron chi connectivity index (χ4n) is 2.22. The van der Waals surface area contributed by atoms with Crippen LogP contribution in [0, 0.1) is 12.8 Å². The van der Waals surface area contributed by atoms with Crippen molar-refractivity contribution >= 4 is 6.29 Å². The molecule has 2 atom stereocenters. The highest BCUT2D eigenvalue weighted by molar-refractivity contribution is 5.54. The molecule has 0 aliphatic rings. The van der Waals surface area contributed by atoms with Crippen molar-refractivity contribution in [2.75, 3.05) is 0 Å². The van der Waals surface area contributed by atoms with Gasteiger partial charge in [0.1, 0.15) is 6.29 Å². The molecule has 0 heterocycles. The Bertz CT molecular complexity index is 178. The Morgan fingerprint density at radius 2 is 1.39 bits per heavy atom. The van der Waals surface area contributed by atoms with Crippen LogP contribution < -0.4 is 0 Å². The van der Waals surface area contributed by atoms with Crippen LogP contribution in [-0.4, -0.2) is 17.5 Å². The van der Waals surface area contributed by atoms with E-state index in [-0.39, 0.29) is 5.92 Å². The van der Waals surface area contributed by atoms with E-state index in [0.29, 0.717) is 0 Å². The SMILES string of the molecule is [CH2]C(O)C(C=O)CCCCCCCCCCCC. The van der Waals surface area contributed by atoms with Gasteiger partial charge < -0.3 is 9.90 Å². The highest BCUT2D eigenvalue weighted by Gasteiger charge is 2.12. The van der Waals surface area contributed by atoms with E-state index in [1.54, 1.807) is 0 Å². The third-order valence-corrected chi connectivity index (χ3v) is 3.56. The van der Waals surface area contributed by atoms with E-state index >= 15 is 0 Å². The lowest BCUT2D eigenvalue weighted by molar-refractivity contribution is -0.113. The van der Waals surface area contributed by atoms with Crippen molar-refractivity contribution in [1.82, 2.24) is 0 Å². The van der Waals surface area contributed by atoms with Crippen LogP contribution in [0.15, 0.2) is 0 Å². The van der Waals surface area contributed by atoms with Crippen LogP contribution in [-0.2, 0) is 4.79 Å². The van der Waals surface area contributed by atoms with Gasteiger partial charge in [0.2, 0.25) is 0 Å². The average molecular weight is 255 g/mol. The maximum atomic E-state index is 10.6. The fraction of sp³-hybridized carbons (Fsp3) is 0.875. The second-order valence-corrected chi connectivity index (χ2v) is 5.34. The van der Waals surface area contributed by atoms with Gasteiger partial charge in [-0.3, -0.25) is 0 Å². The van der Waals surface area contributed by atoms with Gasteiger partial charge in [0.15, 0.2) is 0 Å². The topological polar surface area (TPSA) is 37.3 Å². The van der Waals surface area contributed by atoms with Crippen molar-refractivity contribution in [1.29, 1.82) is 0 Å². The molecule has 0 aliphatic carbocycles. The summed E-state index contributed by atoms with van der Waals surface area (Å²) < 4.78 is 0. The summed E-state index contributed by atoms with van der Waals surface area (Å²) in [5, 5.41) is 9.21. The summed E-state index contributed by atoms with van der Waals surface area (Å²) in [6.07, 6.45) is 13.8. The van der Waals surface area contributed by atoms with Gasteiger partial charge in [-0.1, -0.05) is 71.1 Å². The molecule has 0 amide bonds. The standard InChI is InChI=1S/C16H31O2/c1-3-4-5-6-7-8-9-10-11-12-13-16(14-17)15(2)18/h14-16,18H,2-13H2,1H3. The first-order valence-corrected chi connectivity index (χ1v) is 7.68. The first-order valence-electron chi connectivity index (χ1n) is 7.68. The Kier molecular flexibility index (Phi) is 12.8. The van der Waals surface area contributed by atoms with Gasteiger partial charge in [-0.05, 0) is 13.3 Å². The first kappa shape index (κ1) is 17.6. The molecule has 0 bridgehead atoms. The van der Waals surface area contributed by atoms with Crippen LogP contribution in [0.25, 0.3) is 0 Å². The average Bonchev–Trinajstić information content (AvgIpc) is 2.35. The van der Waals surface area contributed by atoms with Crippen molar-refractivity contribution in [2.45, 2.75) is 83.7 Å². The molecule has 0 aromatic carbocycles. The summed E-state index contributed by atoms with van der Waals surface area (Å²) in [7, 11) is 0. The molecule has 2 nitrogen and oxygen atoms in total. The lowest BCUT2D eigenvalue weighted by Crippen LogP contribution is -2.18. The van der Waals surface area contributed by atoms with Crippen molar-refractivity contribution < 1.29 is 9.90 Å². The maximum absolute atomic E-state index is 10.6. The summed E-state index contributed by atoms with van der Waals surface area (Å²) in [6, 6.07) is 0. The number of rotatable bonds is 13. The number of hydrogen-bond acceptors (Lipinski definition) is 2. The van der Waals surface area contributed by atoms with Crippen LogP contribution in [0.3, 0.4) is 0 Å². The number of aliphatic hydroxyl groups excluding tert-OH is 1. The van der Waals surface area contributed by atoms with Crippen molar-refractivity contribution in [3.8, 4) is 0 Å². The molecule has 0 fully saturated rings. The molecule has 1 radical (unpaired) electrons. The van der Waals surface area contributed by atoms with Gasteiger partial charge in [-0.2, -0.15) is 0 Å². The largest absolute Gasteiger partial charge is 0.392 e. The zero-order valence-corrected chi connectivity index (χ0v) is 12.1. The van der Waals surface area contributed by atoms with Crippen LogP contribution in [0.4, 0.5) is 0 Å². The molecule has 0 aromatic rings. The number of unbranched alkanes of at least 4 members (excludes halogenated alkanes) is 9.